The lowest BCUT2D eigenvalue weighted by Gasteiger charge is -2.27. The molecule has 0 amide bonds. The van der Waals surface area contributed by atoms with Gasteiger partial charge in [-0.15, -0.1) is 0 Å². The summed E-state index contributed by atoms with van der Waals surface area (Å²) in [4.78, 5) is 24.0. The summed E-state index contributed by atoms with van der Waals surface area (Å²) in [7, 11) is 1.32. The number of methoxy groups -OCH3 is 1. The van der Waals surface area contributed by atoms with Gasteiger partial charge in [-0.3, -0.25) is 4.79 Å². The molecule has 0 fully saturated rings. The predicted molar refractivity (Wildman–Crippen MR) is 112 cm³/mol. The van der Waals surface area contributed by atoms with Crippen LogP contribution in [0.25, 0.3) is 6.08 Å². The van der Waals surface area contributed by atoms with Crippen LogP contribution in [0.5, 0.6) is 5.75 Å². The summed E-state index contributed by atoms with van der Waals surface area (Å²) >= 11 is 0. The van der Waals surface area contributed by atoms with Gasteiger partial charge >= 0.3 is 11.9 Å². The van der Waals surface area contributed by atoms with Gasteiger partial charge in [0.15, 0.2) is 0 Å². The van der Waals surface area contributed by atoms with Gasteiger partial charge < -0.3 is 19.3 Å². The van der Waals surface area contributed by atoms with Crippen molar-refractivity contribution >= 4 is 18.0 Å². The number of esters is 2. The van der Waals surface area contributed by atoms with Crippen molar-refractivity contribution in [3.8, 4) is 5.75 Å². The van der Waals surface area contributed by atoms with Gasteiger partial charge in [-0.2, -0.15) is 0 Å². The van der Waals surface area contributed by atoms with Crippen molar-refractivity contribution in [2.75, 3.05) is 13.7 Å². The molecule has 30 heavy (non-hydrogen) atoms. The highest BCUT2D eigenvalue weighted by Gasteiger charge is 2.43. The lowest BCUT2D eigenvalue weighted by atomic mass is 9.85. The first kappa shape index (κ1) is 21.6. The Morgan fingerprint density at radius 3 is 2.57 bits per heavy atom. The maximum absolute atomic E-state index is 12.5. The summed E-state index contributed by atoms with van der Waals surface area (Å²) < 4.78 is 15.7. The number of aliphatic hydroxyl groups is 1. The van der Waals surface area contributed by atoms with Gasteiger partial charge in [0.05, 0.1) is 19.3 Å². The van der Waals surface area contributed by atoms with E-state index in [2.05, 4.69) is 4.74 Å². The van der Waals surface area contributed by atoms with E-state index < -0.39 is 11.6 Å². The van der Waals surface area contributed by atoms with Crippen LogP contribution in [-0.4, -0.2) is 30.8 Å². The molecule has 6 heteroatoms. The normalized spacial score (nSPS) is 17.1. The highest BCUT2D eigenvalue weighted by Crippen LogP contribution is 2.45. The monoisotopic (exact) mass is 410 g/mol. The summed E-state index contributed by atoms with van der Waals surface area (Å²) in [6.45, 7) is 2.33. The van der Waals surface area contributed by atoms with Gasteiger partial charge in [0.2, 0.25) is 0 Å². The molecule has 1 aliphatic rings. The maximum Gasteiger partial charge on any atom is 0.337 e. The van der Waals surface area contributed by atoms with Crippen LogP contribution < -0.4 is 4.74 Å². The SMILES string of the molecule is CCOC(=O)C1=Cc2cc(OCc3ccccc3)ccc2C1(O)CCCC(=O)OC. The van der Waals surface area contributed by atoms with E-state index in [1.807, 2.05) is 30.3 Å². The molecule has 0 spiro atoms. The molecule has 6 nitrogen and oxygen atoms in total. The molecule has 1 unspecified atom stereocenters. The van der Waals surface area contributed by atoms with E-state index in [9.17, 15) is 14.7 Å². The van der Waals surface area contributed by atoms with Crippen molar-refractivity contribution < 1.29 is 28.9 Å². The fourth-order valence-electron chi connectivity index (χ4n) is 3.58. The second-order valence-electron chi connectivity index (χ2n) is 7.09. The molecule has 0 aromatic heterocycles. The van der Waals surface area contributed by atoms with E-state index >= 15 is 0 Å². The number of fused-ring (bicyclic) bond motifs is 1. The Labute approximate surface area is 176 Å². The lowest BCUT2D eigenvalue weighted by Crippen LogP contribution is -2.31. The zero-order chi connectivity index (χ0) is 21.6. The first-order valence-corrected chi connectivity index (χ1v) is 9.97. The Kier molecular flexibility index (Phi) is 6.90. The van der Waals surface area contributed by atoms with Crippen LogP contribution in [0.1, 0.15) is 42.9 Å². The van der Waals surface area contributed by atoms with Gasteiger partial charge in [-0.25, -0.2) is 4.79 Å². The molecule has 0 radical (unpaired) electrons. The van der Waals surface area contributed by atoms with Crippen molar-refractivity contribution in [2.45, 2.75) is 38.4 Å². The summed E-state index contributed by atoms with van der Waals surface area (Å²) in [6, 6.07) is 15.1. The molecular weight excluding hydrogens is 384 g/mol. The molecule has 1 aliphatic carbocycles. The van der Waals surface area contributed by atoms with Gasteiger partial charge in [-0.1, -0.05) is 36.4 Å². The highest BCUT2D eigenvalue weighted by atomic mass is 16.5. The topological polar surface area (TPSA) is 82.1 Å². The third kappa shape index (κ3) is 4.71. The Morgan fingerprint density at radius 2 is 1.87 bits per heavy atom. The van der Waals surface area contributed by atoms with Crippen molar-refractivity contribution in [3.63, 3.8) is 0 Å². The third-order valence-corrected chi connectivity index (χ3v) is 5.10. The number of hydrogen-bond donors (Lipinski definition) is 1. The van der Waals surface area contributed by atoms with Crippen LogP contribution in [0, 0.1) is 0 Å². The minimum atomic E-state index is -1.52. The second-order valence-corrected chi connectivity index (χ2v) is 7.09. The van der Waals surface area contributed by atoms with Crippen LogP contribution in [0.15, 0.2) is 54.1 Å². The highest BCUT2D eigenvalue weighted by molar-refractivity contribution is 5.99. The van der Waals surface area contributed by atoms with Gasteiger partial charge in [-0.05, 0) is 54.7 Å². The Hall–Kier alpha value is -3.12. The average Bonchev–Trinajstić information content (AvgIpc) is 3.05. The molecule has 0 aliphatic heterocycles. The molecule has 158 valence electrons. The summed E-state index contributed by atoms with van der Waals surface area (Å²) in [5.74, 6) is -0.292. The largest absolute Gasteiger partial charge is 0.489 e. The molecule has 0 saturated heterocycles. The van der Waals surface area contributed by atoms with Crippen LogP contribution in [-0.2, 0) is 31.3 Å². The van der Waals surface area contributed by atoms with Crippen LogP contribution in [0.2, 0.25) is 0 Å². The van der Waals surface area contributed by atoms with Crippen molar-refractivity contribution in [1.82, 2.24) is 0 Å². The zero-order valence-electron chi connectivity index (χ0n) is 17.2. The first-order chi connectivity index (χ1) is 14.5. The van der Waals surface area contributed by atoms with Gasteiger partial charge in [0.1, 0.15) is 18.0 Å². The fraction of sp³-hybridized carbons (Fsp3) is 0.333. The molecule has 1 N–H and O–H groups in total. The molecule has 0 bridgehead atoms. The Balaban J connectivity index is 1.82. The number of carbonyl (C=O) groups excluding carboxylic acids is 2. The second kappa shape index (κ2) is 9.59. The quantitative estimate of drug-likeness (QED) is 0.634. The first-order valence-electron chi connectivity index (χ1n) is 9.97. The minimum absolute atomic E-state index is 0.155. The third-order valence-electron chi connectivity index (χ3n) is 5.10. The Bertz CT molecular complexity index is 934. The van der Waals surface area contributed by atoms with Crippen LogP contribution in [0.4, 0.5) is 0 Å². The fourth-order valence-corrected chi connectivity index (χ4v) is 3.58. The van der Waals surface area contributed by atoms with E-state index in [-0.39, 0.29) is 31.0 Å². The van der Waals surface area contributed by atoms with E-state index in [0.717, 1.165) is 5.56 Å². The van der Waals surface area contributed by atoms with E-state index in [0.29, 0.717) is 29.9 Å². The lowest BCUT2D eigenvalue weighted by molar-refractivity contribution is -0.141. The number of benzene rings is 2. The summed E-state index contributed by atoms with van der Waals surface area (Å²) in [5.41, 5.74) is 0.990. The number of ether oxygens (including phenoxy) is 3. The molecule has 2 aromatic rings. The van der Waals surface area contributed by atoms with Gasteiger partial charge in [0, 0.05) is 6.42 Å². The van der Waals surface area contributed by atoms with E-state index in [1.54, 1.807) is 31.2 Å². The summed E-state index contributed by atoms with van der Waals surface area (Å²) in [6.07, 6.45) is 2.36. The van der Waals surface area contributed by atoms with E-state index in [4.69, 9.17) is 9.47 Å². The van der Waals surface area contributed by atoms with Crippen molar-refractivity contribution in [2.24, 2.45) is 0 Å². The van der Waals surface area contributed by atoms with Crippen LogP contribution in [0.3, 0.4) is 0 Å². The molecule has 1 atom stereocenters. The molecule has 0 heterocycles. The molecule has 2 aromatic carbocycles. The van der Waals surface area contributed by atoms with Gasteiger partial charge in [0.25, 0.3) is 0 Å². The smallest absolute Gasteiger partial charge is 0.337 e. The molecule has 0 saturated carbocycles. The van der Waals surface area contributed by atoms with Crippen molar-refractivity contribution in [1.29, 1.82) is 0 Å². The average molecular weight is 410 g/mol. The zero-order valence-corrected chi connectivity index (χ0v) is 17.2. The molecule has 3 rings (SSSR count). The number of hydrogen-bond acceptors (Lipinski definition) is 6. The van der Waals surface area contributed by atoms with Crippen molar-refractivity contribution in [3.05, 3.63) is 70.8 Å². The predicted octanol–water partition coefficient (Wildman–Crippen LogP) is 3.76. The standard InChI is InChI=1S/C24H26O6/c1-3-29-23(26)21-15-18-14-19(30-16-17-8-5-4-6-9-17)11-12-20(18)24(21,27)13-7-10-22(25)28-2/h4-6,8-9,11-12,14-15,27H,3,7,10,13,16H2,1-2H3. The number of carbonyl (C=O) groups is 2. The van der Waals surface area contributed by atoms with Crippen LogP contribution >= 0.6 is 0 Å². The maximum atomic E-state index is 12.5. The molecular formula is C24H26O6. The number of rotatable bonds is 9. The van der Waals surface area contributed by atoms with E-state index in [1.165, 1.54) is 7.11 Å². The summed E-state index contributed by atoms with van der Waals surface area (Å²) in [5, 5.41) is 11.4. The minimum Gasteiger partial charge on any atom is -0.489 e. The Morgan fingerprint density at radius 1 is 1.10 bits per heavy atom.